The summed E-state index contributed by atoms with van der Waals surface area (Å²) in [4.78, 5) is 45.4. The molecule has 3 aromatic rings. The number of aromatic nitrogens is 2. The number of anilines is 1. The van der Waals surface area contributed by atoms with E-state index in [1.807, 2.05) is 13.8 Å². The molecule has 12 heteroatoms. The van der Waals surface area contributed by atoms with Gasteiger partial charge in [-0.2, -0.15) is 13.2 Å². The standard InChI is InChI=1S/C28H29ClF3N5O3/c1-14(2)34-27-35-22-13-36(25(39)19-10-11-21(29)23(16(19)4)28(30,31)32)15(3)12-20(22)26(40)37(27)18-8-6-17(7-9-18)24(38)33-5/h6-11,14-15H,12-13H2,1-5H3,(H,33,38)(H,34,35)/t15-/m1/s1. The SMILES string of the molecule is CNC(=O)c1ccc(-n2c(NC(C)C)nc3c(c2=O)C[C@@H](C)N(C(=O)c2ccc(Cl)c(C(F)(F)F)c2C)C3)cc1. The van der Waals surface area contributed by atoms with E-state index in [1.54, 1.807) is 31.2 Å². The molecule has 2 N–H and O–H groups in total. The third-order valence-electron chi connectivity index (χ3n) is 6.84. The highest BCUT2D eigenvalue weighted by Gasteiger charge is 2.38. The van der Waals surface area contributed by atoms with Crippen LogP contribution in [0.2, 0.25) is 5.02 Å². The molecule has 4 rings (SSSR count). The summed E-state index contributed by atoms with van der Waals surface area (Å²) in [7, 11) is 1.53. The number of carbonyl (C=O) groups excluding carboxylic acids is 2. The maximum atomic E-state index is 13.8. The van der Waals surface area contributed by atoms with Gasteiger partial charge in [0.25, 0.3) is 17.4 Å². The fourth-order valence-electron chi connectivity index (χ4n) is 4.84. The van der Waals surface area contributed by atoms with Crippen LogP contribution in [0.15, 0.2) is 41.2 Å². The predicted octanol–water partition coefficient (Wildman–Crippen LogP) is 4.98. The van der Waals surface area contributed by atoms with Gasteiger partial charge in [0.15, 0.2) is 0 Å². The fraction of sp³-hybridized carbons (Fsp3) is 0.357. The summed E-state index contributed by atoms with van der Waals surface area (Å²) in [6, 6.07) is 8.27. The van der Waals surface area contributed by atoms with Gasteiger partial charge in [0.2, 0.25) is 5.95 Å². The second-order valence-corrected chi connectivity index (χ2v) is 10.4. The zero-order valence-electron chi connectivity index (χ0n) is 22.6. The normalized spacial score (nSPS) is 15.2. The van der Waals surface area contributed by atoms with Gasteiger partial charge in [0, 0.05) is 35.8 Å². The Morgan fingerprint density at radius 3 is 2.35 bits per heavy atom. The van der Waals surface area contributed by atoms with Crippen LogP contribution in [0.1, 0.15) is 63.9 Å². The number of fused-ring (bicyclic) bond motifs is 1. The Balaban J connectivity index is 1.77. The van der Waals surface area contributed by atoms with E-state index in [4.69, 9.17) is 16.6 Å². The van der Waals surface area contributed by atoms with Crippen LogP contribution in [0.5, 0.6) is 0 Å². The third-order valence-corrected chi connectivity index (χ3v) is 7.15. The summed E-state index contributed by atoms with van der Waals surface area (Å²) >= 11 is 5.83. The Bertz CT molecular complexity index is 1530. The van der Waals surface area contributed by atoms with Crippen LogP contribution in [0.4, 0.5) is 19.1 Å². The molecule has 0 saturated heterocycles. The van der Waals surface area contributed by atoms with Crippen LogP contribution < -0.4 is 16.2 Å². The molecule has 212 valence electrons. The van der Waals surface area contributed by atoms with E-state index in [0.717, 1.165) is 6.07 Å². The molecule has 0 fully saturated rings. The number of hydrogen-bond acceptors (Lipinski definition) is 5. The number of nitrogens with zero attached hydrogens (tertiary/aromatic N) is 3. The molecule has 0 spiro atoms. The summed E-state index contributed by atoms with van der Waals surface area (Å²) < 4.78 is 42.3. The molecule has 0 saturated carbocycles. The van der Waals surface area contributed by atoms with Crippen molar-refractivity contribution in [2.24, 2.45) is 0 Å². The molecule has 0 radical (unpaired) electrons. The van der Waals surface area contributed by atoms with Gasteiger partial charge < -0.3 is 15.5 Å². The van der Waals surface area contributed by atoms with E-state index in [1.165, 1.54) is 29.5 Å². The third kappa shape index (κ3) is 5.42. The monoisotopic (exact) mass is 575 g/mol. The highest BCUT2D eigenvalue weighted by molar-refractivity contribution is 6.31. The first kappa shape index (κ1) is 29.1. The van der Waals surface area contributed by atoms with Gasteiger partial charge >= 0.3 is 6.18 Å². The Labute approximate surface area is 234 Å². The van der Waals surface area contributed by atoms with Crippen molar-refractivity contribution in [1.29, 1.82) is 0 Å². The van der Waals surface area contributed by atoms with Gasteiger partial charge in [-0.25, -0.2) is 9.55 Å². The molecule has 0 unspecified atom stereocenters. The molecule has 2 amide bonds. The first-order valence-electron chi connectivity index (χ1n) is 12.7. The van der Waals surface area contributed by atoms with E-state index < -0.39 is 28.7 Å². The zero-order valence-corrected chi connectivity index (χ0v) is 23.4. The lowest BCUT2D eigenvalue weighted by atomic mass is 9.96. The topological polar surface area (TPSA) is 96.3 Å². The first-order chi connectivity index (χ1) is 18.7. The number of rotatable bonds is 5. The lowest BCUT2D eigenvalue weighted by molar-refractivity contribution is -0.137. The minimum Gasteiger partial charge on any atom is -0.355 e. The van der Waals surface area contributed by atoms with E-state index in [-0.39, 0.29) is 47.5 Å². The highest BCUT2D eigenvalue weighted by atomic mass is 35.5. The lowest BCUT2D eigenvalue weighted by Crippen LogP contribution is -2.46. The Hall–Kier alpha value is -3.86. The van der Waals surface area contributed by atoms with Crippen LogP contribution >= 0.6 is 11.6 Å². The largest absolute Gasteiger partial charge is 0.418 e. The number of halogens is 4. The van der Waals surface area contributed by atoms with Crippen LogP contribution in [0, 0.1) is 6.92 Å². The van der Waals surface area contributed by atoms with Crippen LogP contribution in [-0.4, -0.2) is 45.4 Å². The van der Waals surface area contributed by atoms with Crippen molar-refractivity contribution in [3.8, 4) is 5.69 Å². The number of carbonyl (C=O) groups is 2. The van der Waals surface area contributed by atoms with Gasteiger partial charge in [-0.3, -0.25) is 14.4 Å². The molecule has 1 aromatic heterocycles. The fourth-order valence-corrected chi connectivity index (χ4v) is 5.16. The second kappa shape index (κ2) is 11.0. The highest BCUT2D eigenvalue weighted by Crippen LogP contribution is 2.39. The summed E-state index contributed by atoms with van der Waals surface area (Å²) in [5.74, 6) is -0.623. The van der Waals surface area contributed by atoms with Crippen LogP contribution in [-0.2, 0) is 19.1 Å². The number of nitrogens with one attached hydrogen (secondary N) is 2. The van der Waals surface area contributed by atoms with Crippen molar-refractivity contribution in [3.63, 3.8) is 0 Å². The van der Waals surface area contributed by atoms with E-state index in [0.29, 0.717) is 22.5 Å². The Kier molecular flexibility index (Phi) is 7.98. The molecule has 1 aliphatic rings. The predicted molar refractivity (Wildman–Crippen MR) is 146 cm³/mol. The van der Waals surface area contributed by atoms with Crippen molar-refractivity contribution in [3.05, 3.63) is 85.3 Å². The van der Waals surface area contributed by atoms with Crippen molar-refractivity contribution in [2.75, 3.05) is 12.4 Å². The molecule has 8 nitrogen and oxygen atoms in total. The minimum atomic E-state index is -4.72. The average Bonchev–Trinajstić information content (AvgIpc) is 2.87. The summed E-state index contributed by atoms with van der Waals surface area (Å²) in [6.45, 7) is 6.66. The quantitative estimate of drug-likeness (QED) is 0.447. The first-order valence-corrected chi connectivity index (χ1v) is 13.0. The van der Waals surface area contributed by atoms with Crippen molar-refractivity contribution in [1.82, 2.24) is 19.8 Å². The molecule has 1 aliphatic heterocycles. The lowest BCUT2D eigenvalue weighted by Gasteiger charge is -2.35. The van der Waals surface area contributed by atoms with Gasteiger partial charge in [-0.15, -0.1) is 0 Å². The van der Waals surface area contributed by atoms with Crippen LogP contribution in [0.25, 0.3) is 5.69 Å². The smallest absolute Gasteiger partial charge is 0.355 e. The van der Waals surface area contributed by atoms with Gasteiger partial charge in [0.05, 0.1) is 28.5 Å². The van der Waals surface area contributed by atoms with Crippen molar-refractivity contribution >= 4 is 29.4 Å². The average molecular weight is 576 g/mol. The summed E-state index contributed by atoms with van der Waals surface area (Å²) in [5, 5.41) is 5.24. The number of hydrogen-bond donors (Lipinski definition) is 2. The maximum Gasteiger partial charge on any atom is 0.418 e. The zero-order chi connectivity index (χ0) is 29.5. The van der Waals surface area contributed by atoms with Crippen molar-refractivity contribution < 1.29 is 22.8 Å². The Morgan fingerprint density at radius 1 is 1.12 bits per heavy atom. The maximum absolute atomic E-state index is 13.8. The summed E-state index contributed by atoms with van der Waals surface area (Å²) in [5.41, 5.74) is -0.0496. The van der Waals surface area contributed by atoms with Gasteiger partial charge in [-0.1, -0.05) is 11.6 Å². The number of alkyl halides is 3. The molecular formula is C28H29ClF3N5O3. The molecule has 2 heterocycles. The second-order valence-electron chi connectivity index (χ2n) is 10.0. The molecule has 1 atom stereocenters. The van der Waals surface area contributed by atoms with E-state index >= 15 is 0 Å². The Morgan fingerprint density at radius 2 is 1.77 bits per heavy atom. The van der Waals surface area contributed by atoms with E-state index in [9.17, 15) is 27.6 Å². The van der Waals surface area contributed by atoms with E-state index in [2.05, 4.69) is 10.6 Å². The number of amides is 2. The molecule has 40 heavy (non-hydrogen) atoms. The number of benzene rings is 2. The van der Waals surface area contributed by atoms with Gasteiger partial charge in [0.1, 0.15) is 0 Å². The van der Waals surface area contributed by atoms with Crippen molar-refractivity contribution in [2.45, 2.75) is 58.9 Å². The molecule has 2 aromatic carbocycles. The van der Waals surface area contributed by atoms with Gasteiger partial charge in [-0.05, 0) is 76.1 Å². The minimum absolute atomic E-state index is 0.0583. The molecule has 0 bridgehead atoms. The molecular weight excluding hydrogens is 547 g/mol. The summed E-state index contributed by atoms with van der Waals surface area (Å²) in [6.07, 6.45) is -4.57. The van der Waals surface area contributed by atoms with Crippen LogP contribution in [0.3, 0.4) is 0 Å². The molecule has 0 aliphatic carbocycles.